The number of rotatable bonds is 11. The van der Waals surface area contributed by atoms with Gasteiger partial charge >= 0.3 is 0 Å². The molecule has 0 saturated heterocycles. The maximum absolute atomic E-state index is 10.5. The summed E-state index contributed by atoms with van der Waals surface area (Å²) in [6, 6.07) is 10.3. The fourth-order valence-corrected chi connectivity index (χ4v) is 2.99. The topological polar surface area (TPSA) is 32.7 Å². The van der Waals surface area contributed by atoms with Gasteiger partial charge in [0.05, 0.1) is 19.2 Å². The maximum Gasteiger partial charge on any atom is 0.0916 e. The predicted octanol–water partition coefficient (Wildman–Crippen LogP) is 5.52. The number of aliphatic hydroxyl groups excluding tert-OH is 1. The van der Waals surface area contributed by atoms with E-state index < -0.39 is 6.10 Å². The first kappa shape index (κ1) is 24.5. The van der Waals surface area contributed by atoms with Crippen molar-refractivity contribution in [3.63, 3.8) is 0 Å². The van der Waals surface area contributed by atoms with Crippen LogP contribution in [0.3, 0.4) is 0 Å². The fourth-order valence-electron chi connectivity index (χ4n) is 2.16. The van der Waals surface area contributed by atoms with Gasteiger partial charge in [0.25, 0.3) is 0 Å². The highest BCUT2D eigenvalue weighted by atomic mass is 127. The SMILES string of the molecule is C=C/C(=C\C=C/C)C(O)CN(CCOPI)Cc1ccccc1.CC. The Balaban J connectivity index is 0.00000277. The molecular formula is C20H31INO2P. The Labute approximate surface area is 168 Å². The maximum atomic E-state index is 10.5. The lowest BCUT2D eigenvalue weighted by molar-refractivity contribution is 0.125. The van der Waals surface area contributed by atoms with Crippen LogP contribution in [0.1, 0.15) is 26.3 Å². The minimum absolute atomic E-state index is 0.461. The normalized spacial score (nSPS) is 13.3. The van der Waals surface area contributed by atoms with Crippen molar-refractivity contribution < 1.29 is 9.63 Å². The summed E-state index contributed by atoms with van der Waals surface area (Å²) >= 11 is 2.22. The largest absolute Gasteiger partial charge is 0.387 e. The highest BCUT2D eigenvalue weighted by Crippen LogP contribution is 2.21. The Kier molecular flexibility index (Phi) is 16.6. The van der Waals surface area contributed by atoms with Crippen LogP contribution >= 0.6 is 28.5 Å². The number of allylic oxidation sites excluding steroid dienone is 3. The molecule has 1 aromatic rings. The third-order valence-electron chi connectivity index (χ3n) is 3.35. The molecule has 0 saturated carbocycles. The van der Waals surface area contributed by atoms with Crippen molar-refractivity contribution in [1.29, 1.82) is 0 Å². The van der Waals surface area contributed by atoms with Gasteiger partial charge in [0.2, 0.25) is 0 Å². The van der Waals surface area contributed by atoms with Crippen LogP contribution < -0.4 is 0 Å². The summed E-state index contributed by atoms with van der Waals surface area (Å²) in [4.78, 5) is 2.21. The van der Waals surface area contributed by atoms with Crippen molar-refractivity contribution in [3.8, 4) is 0 Å². The zero-order valence-corrected chi connectivity index (χ0v) is 18.6. The highest BCUT2D eigenvalue weighted by Gasteiger charge is 2.14. The van der Waals surface area contributed by atoms with Gasteiger partial charge in [-0.05, 0) is 40.1 Å². The van der Waals surface area contributed by atoms with Crippen molar-refractivity contribution in [2.24, 2.45) is 0 Å². The van der Waals surface area contributed by atoms with Gasteiger partial charge in [0.1, 0.15) is 0 Å². The van der Waals surface area contributed by atoms with Gasteiger partial charge in [-0.1, -0.05) is 75.1 Å². The molecule has 0 aromatic heterocycles. The molecule has 0 amide bonds. The Morgan fingerprint density at radius 3 is 2.60 bits per heavy atom. The predicted molar refractivity (Wildman–Crippen MR) is 120 cm³/mol. The van der Waals surface area contributed by atoms with Gasteiger partial charge in [-0.2, -0.15) is 0 Å². The van der Waals surface area contributed by atoms with Gasteiger partial charge in [0.15, 0.2) is 0 Å². The van der Waals surface area contributed by atoms with Crippen LogP contribution in [0.2, 0.25) is 0 Å². The second-order valence-corrected chi connectivity index (χ2v) is 6.82. The lowest BCUT2D eigenvalue weighted by atomic mass is 10.1. The first-order chi connectivity index (χ1) is 12.2. The van der Waals surface area contributed by atoms with E-state index >= 15 is 0 Å². The molecule has 25 heavy (non-hydrogen) atoms. The molecule has 0 aliphatic carbocycles. The van der Waals surface area contributed by atoms with Crippen LogP contribution in [0.5, 0.6) is 0 Å². The van der Waals surface area contributed by atoms with E-state index in [-0.39, 0.29) is 0 Å². The first-order valence-corrected chi connectivity index (χ1v) is 12.6. The zero-order chi connectivity index (χ0) is 18.9. The Bertz CT molecular complexity index is 506. The molecule has 0 fully saturated rings. The molecule has 0 heterocycles. The van der Waals surface area contributed by atoms with Crippen LogP contribution in [-0.2, 0) is 11.1 Å². The van der Waals surface area contributed by atoms with Crippen LogP contribution in [0.4, 0.5) is 0 Å². The number of aliphatic hydroxyl groups is 1. The molecule has 0 bridgehead atoms. The minimum atomic E-state index is -0.561. The second-order valence-electron chi connectivity index (χ2n) is 5.06. The van der Waals surface area contributed by atoms with Crippen LogP contribution in [-0.4, -0.2) is 35.8 Å². The summed E-state index contributed by atoms with van der Waals surface area (Å²) in [5, 5.41) is 10.5. The number of benzene rings is 1. The third kappa shape index (κ3) is 11.7. The quantitative estimate of drug-likeness (QED) is 0.198. The monoisotopic (exact) mass is 475 g/mol. The highest BCUT2D eigenvalue weighted by molar-refractivity contribution is 14.2. The molecule has 2 unspecified atom stereocenters. The van der Waals surface area contributed by atoms with Gasteiger partial charge in [0, 0.05) is 19.6 Å². The van der Waals surface area contributed by atoms with E-state index in [2.05, 4.69) is 45.7 Å². The Morgan fingerprint density at radius 1 is 1.36 bits per heavy atom. The van der Waals surface area contributed by atoms with E-state index in [1.165, 1.54) is 5.56 Å². The number of hydrogen-bond acceptors (Lipinski definition) is 3. The molecule has 1 aromatic carbocycles. The van der Waals surface area contributed by atoms with Crippen LogP contribution in [0.15, 0.2) is 66.8 Å². The van der Waals surface area contributed by atoms with Crippen molar-refractivity contribution in [2.75, 3.05) is 19.7 Å². The van der Waals surface area contributed by atoms with E-state index in [0.717, 1.165) is 18.7 Å². The van der Waals surface area contributed by atoms with E-state index in [4.69, 9.17) is 4.52 Å². The van der Waals surface area contributed by atoms with Crippen molar-refractivity contribution in [2.45, 2.75) is 33.4 Å². The lowest BCUT2D eigenvalue weighted by Crippen LogP contribution is -2.35. The second kappa shape index (κ2) is 16.9. The van der Waals surface area contributed by atoms with Crippen LogP contribution in [0.25, 0.3) is 0 Å². The number of halogens is 1. The molecule has 0 aliphatic rings. The fraction of sp³-hybridized carbons (Fsp3) is 0.400. The number of hydrogen-bond donors (Lipinski definition) is 1. The van der Waals surface area contributed by atoms with Gasteiger partial charge in [-0.25, -0.2) is 0 Å². The molecule has 1 N–H and O–H groups in total. The summed E-state index contributed by atoms with van der Waals surface area (Å²) in [5.41, 5.74) is 2.06. The van der Waals surface area contributed by atoms with Gasteiger partial charge in [-0.15, -0.1) is 0 Å². The molecule has 140 valence electrons. The summed E-state index contributed by atoms with van der Waals surface area (Å²) in [6.07, 6.45) is 6.92. The Morgan fingerprint density at radius 2 is 2.04 bits per heavy atom. The summed E-state index contributed by atoms with van der Waals surface area (Å²) < 4.78 is 5.48. The summed E-state index contributed by atoms with van der Waals surface area (Å²) in [5.74, 6) is 0. The minimum Gasteiger partial charge on any atom is -0.387 e. The van der Waals surface area contributed by atoms with E-state index in [1.54, 1.807) is 6.08 Å². The average molecular weight is 475 g/mol. The molecule has 2 atom stereocenters. The molecule has 1 rings (SSSR count). The summed E-state index contributed by atoms with van der Waals surface area (Å²) in [7, 11) is 0. The standard InChI is InChI=1S/C18H25INO2P.C2H6/c1-3-5-11-17(4-2)18(21)15-20(12-13-22-23-19)14-16-9-7-6-8-10-16;1-2/h3-11,18,21,23H,2,12-15H2,1H3;1-2H3/b5-3-,17-11+;. The smallest absolute Gasteiger partial charge is 0.0916 e. The number of nitrogens with zero attached hydrogens (tertiary/aromatic N) is 1. The third-order valence-corrected chi connectivity index (χ3v) is 4.59. The molecule has 3 nitrogen and oxygen atoms in total. The summed E-state index contributed by atoms with van der Waals surface area (Å²) in [6.45, 7) is 13.0. The van der Waals surface area contributed by atoms with Crippen LogP contribution in [0, 0.1) is 0 Å². The molecule has 0 radical (unpaired) electrons. The van der Waals surface area contributed by atoms with Crippen molar-refractivity contribution in [3.05, 3.63) is 72.4 Å². The first-order valence-electron chi connectivity index (χ1n) is 8.58. The molecule has 0 aliphatic heterocycles. The van der Waals surface area contributed by atoms with Crippen molar-refractivity contribution >= 4 is 28.5 Å². The molecule has 0 spiro atoms. The van der Waals surface area contributed by atoms with Gasteiger partial charge < -0.3 is 9.63 Å². The van der Waals surface area contributed by atoms with Crippen molar-refractivity contribution in [1.82, 2.24) is 4.90 Å². The zero-order valence-electron chi connectivity index (χ0n) is 15.5. The van der Waals surface area contributed by atoms with E-state index in [9.17, 15) is 5.11 Å². The Hall–Kier alpha value is -0.520. The average Bonchev–Trinajstić information content (AvgIpc) is 2.65. The van der Waals surface area contributed by atoms with E-state index in [0.29, 0.717) is 19.6 Å². The molecule has 5 heteroatoms. The lowest BCUT2D eigenvalue weighted by Gasteiger charge is -2.25. The van der Waals surface area contributed by atoms with Gasteiger partial charge in [-0.3, -0.25) is 4.90 Å². The molecular weight excluding hydrogens is 444 g/mol. The van der Waals surface area contributed by atoms with E-state index in [1.807, 2.05) is 57.2 Å².